The average Bonchev–Trinajstić information content (AvgIpc) is 2.75. The Morgan fingerprint density at radius 2 is 1.48 bits per heavy atom. The summed E-state index contributed by atoms with van der Waals surface area (Å²) < 4.78 is 5.52. The molecule has 0 saturated heterocycles. The van der Waals surface area contributed by atoms with Crippen molar-refractivity contribution in [2.45, 2.75) is 45.6 Å². The lowest BCUT2D eigenvalue weighted by Crippen LogP contribution is -2.30. The highest BCUT2D eigenvalue weighted by atomic mass is 31.1. The second-order valence-corrected chi connectivity index (χ2v) is 10.9. The smallest absolute Gasteiger partial charge is 0.412 e. The first kappa shape index (κ1) is 24.5. The average molecular weight is 464 g/mol. The van der Waals surface area contributed by atoms with Crippen LogP contribution >= 0.6 is 7.92 Å². The molecule has 1 amide bonds. The second-order valence-electron chi connectivity index (χ2n) is 8.73. The van der Waals surface area contributed by atoms with Gasteiger partial charge in [-0.05, 0) is 63.8 Å². The molecular weight excluding hydrogens is 433 g/mol. The van der Waals surface area contributed by atoms with E-state index in [0.717, 1.165) is 10.9 Å². The quantitative estimate of drug-likeness (QED) is 0.451. The van der Waals surface area contributed by atoms with Gasteiger partial charge in [-0.1, -0.05) is 72.8 Å². The van der Waals surface area contributed by atoms with E-state index >= 15 is 0 Å². The van der Waals surface area contributed by atoms with Gasteiger partial charge in [0.25, 0.3) is 0 Å². The second kappa shape index (κ2) is 11.1. The Bertz CT molecular complexity index is 1040. The van der Waals surface area contributed by atoms with E-state index in [1.807, 2.05) is 69.3 Å². The SMILES string of the molecule is CC(C)(C)OC(=O)Nc1cc(CCCC(=O)O)ccc1P(c1ccccc1)c1ccccc1. The maximum atomic E-state index is 12.7. The molecule has 6 heteroatoms. The molecule has 0 saturated carbocycles. The van der Waals surface area contributed by atoms with Gasteiger partial charge in [0.2, 0.25) is 0 Å². The minimum Gasteiger partial charge on any atom is -0.481 e. The standard InChI is InChI=1S/C27H30NO4P/c1-27(2,3)32-26(31)28-23-19-20(11-10-16-25(29)30)17-18-24(23)33(21-12-6-4-7-13-21)22-14-8-5-9-15-22/h4-9,12-15,17-19H,10-11,16H2,1-3H3,(H,28,31)(H,29,30). The van der Waals surface area contributed by atoms with Crippen molar-refractivity contribution in [3.05, 3.63) is 84.4 Å². The summed E-state index contributed by atoms with van der Waals surface area (Å²) in [7, 11) is -0.930. The molecule has 0 aromatic heterocycles. The zero-order chi connectivity index (χ0) is 23.8. The van der Waals surface area contributed by atoms with Gasteiger partial charge in [-0.3, -0.25) is 10.1 Å². The third kappa shape index (κ3) is 7.44. The number of aliphatic carboxylic acids is 1. The van der Waals surface area contributed by atoms with Crippen LogP contribution < -0.4 is 21.2 Å². The third-order valence-corrected chi connectivity index (χ3v) is 7.32. The van der Waals surface area contributed by atoms with Crippen molar-refractivity contribution in [1.29, 1.82) is 0 Å². The van der Waals surface area contributed by atoms with Gasteiger partial charge in [0, 0.05) is 11.7 Å². The molecule has 33 heavy (non-hydrogen) atoms. The Morgan fingerprint density at radius 3 is 2.00 bits per heavy atom. The minimum absolute atomic E-state index is 0.108. The Morgan fingerprint density at radius 1 is 0.909 bits per heavy atom. The van der Waals surface area contributed by atoms with Gasteiger partial charge >= 0.3 is 12.1 Å². The molecule has 0 aliphatic carbocycles. The molecule has 0 bridgehead atoms. The summed E-state index contributed by atoms with van der Waals surface area (Å²) in [5.74, 6) is -0.810. The summed E-state index contributed by atoms with van der Waals surface area (Å²) in [6.45, 7) is 5.49. The lowest BCUT2D eigenvalue weighted by molar-refractivity contribution is -0.137. The first-order chi connectivity index (χ1) is 15.7. The molecule has 0 heterocycles. The maximum absolute atomic E-state index is 12.7. The molecule has 0 aliphatic heterocycles. The van der Waals surface area contributed by atoms with Crippen molar-refractivity contribution in [3.63, 3.8) is 0 Å². The summed E-state index contributed by atoms with van der Waals surface area (Å²) in [5, 5.41) is 15.3. The summed E-state index contributed by atoms with van der Waals surface area (Å²) in [5.41, 5.74) is 1.05. The highest BCUT2D eigenvalue weighted by molar-refractivity contribution is 7.80. The highest BCUT2D eigenvalue weighted by Crippen LogP contribution is 2.36. The number of carboxylic acid groups (broad SMARTS) is 1. The molecule has 0 spiro atoms. The number of aryl methyl sites for hydroxylation is 1. The van der Waals surface area contributed by atoms with Crippen LogP contribution in [-0.4, -0.2) is 22.8 Å². The molecule has 0 aliphatic rings. The zero-order valence-corrected chi connectivity index (χ0v) is 20.1. The first-order valence-corrected chi connectivity index (χ1v) is 12.3. The number of ether oxygens (including phenoxy) is 1. The zero-order valence-electron chi connectivity index (χ0n) is 19.2. The monoisotopic (exact) mass is 463 g/mol. The van der Waals surface area contributed by atoms with Crippen LogP contribution in [0.1, 0.15) is 39.2 Å². The fraction of sp³-hybridized carbons (Fsp3) is 0.259. The molecule has 0 unspecified atom stereocenters. The molecule has 0 fully saturated rings. The number of carboxylic acids is 1. The number of amides is 1. The summed E-state index contributed by atoms with van der Waals surface area (Å²) in [6.07, 6.45) is 0.747. The van der Waals surface area contributed by atoms with Crippen molar-refractivity contribution in [3.8, 4) is 0 Å². The third-order valence-electron chi connectivity index (χ3n) is 4.82. The van der Waals surface area contributed by atoms with E-state index in [0.29, 0.717) is 18.5 Å². The Labute approximate surface area is 196 Å². The van der Waals surface area contributed by atoms with Crippen molar-refractivity contribution in [1.82, 2.24) is 0 Å². The largest absolute Gasteiger partial charge is 0.481 e. The van der Waals surface area contributed by atoms with Crippen molar-refractivity contribution < 1.29 is 19.4 Å². The molecule has 0 atom stereocenters. The van der Waals surface area contributed by atoms with Crippen molar-refractivity contribution in [2.75, 3.05) is 5.32 Å². The number of hydrogen-bond acceptors (Lipinski definition) is 3. The van der Waals surface area contributed by atoms with E-state index in [2.05, 4.69) is 35.6 Å². The topological polar surface area (TPSA) is 75.6 Å². The van der Waals surface area contributed by atoms with Crippen LogP contribution in [0.25, 0.3) is 0 Å². The summed E-state index contributed by atoms with van der Waals surface area (Å²) >= 11 is 0. The van der Waals surface area contributed by atoms with Gasteiger partial charge < -0.3 is 9.84 Å². The van der Waals surface area contributed by atoms with E-state index in [9.17, 15) is 9.59 Å². The fourth-order valence-corrected chi connectivity index (χ4v) is 5.85. The normalized spacial score (nSPS) is 11.3. The van der Waals surface area contributed by atoms with Crippen LogP contribution in [0.2, 0.25) is 0 Å². The number of benzene rings is 3. The predicted molar refractivity (Wildman–Crippen MR) is 136 cm³/mol. The lowest BCUT2D eigenvalue weighted by atomic mass is 10.1. The molecule has 172 valence electrons. The maximum Gasteiger partial charge on any atom is 0.412 e. The number of nitrogens with one attached hydrogen (secondary N) is 1. The van der Waals surface area contributed by atoms with E-state index in [1.54, 1.807) is 0 Å². The van der Waals surface area contributed by atoms with E-state index < -0.39 is 25.6 Å². The Balaban J connectivity index is 2.04. The predicted octanol–water partition coefficient (Wildman–Crippen LogP) is 5.20. The van der Waals surface area contributed by atoms with Crippen LogP contribution in [0.15, 0.2) is 78.9 Å². The fourth-order valence-electron chi connectivity index (χ4n) is 3.47. The van der Waals surface area contributed by atoms with E-state index in [1.165, 1.54) is 10.6 Å². The van der Waals surface area contributed by atoms with Gasteiger partial charge in [-0.2, -0.15) is 0 Å². The number of rotatable bonds is 8. The number of anilines is 1. The van der Waals surface area contributed by atoms with Gasteiger partial charge in [0.1, 0.15) is 5.60 Å². The summed E-state index contributed by atoms with van der Waals surface area (Å²) in [4.78, 5) is 23.6. The minimum atomic E-state index is -0.930. The van der Waals surface area contributed by atoms with E-state index in [4.69, 9.17) is 9.84 Å². The van der Waals surface area contributed by atoms with E-state index in [-0.39, 0.29) is 6.42 Å². The molecule has 3 aromatic rings. The molecule has 3 rings (SSSR count). The van der Waals surface area contributed by atoms with Crippen molar-refractivity contribution >= 4 is 41.6 Å². The Hall–Kier alpha value is -3.17. The molecule has 2 N–H and O–H groups in total. The van der Waals surface area contributed by atoms with Gasteiger partial charge in [0.15, 0.2) is 0 Å². The highest BCUT2D eigenvalue weighted by Gasteiger charge is 2.23. The van der Waals surface area contributed by atoms with Gasteiger partial charge in [0.05, 0.1) is 5.69 Å². The molecule has 5 nitrogen and oxygen atoms in total. The first-order valence-electron chi connectivity index (χ1n) is 11.0. The van der Waals surface area contributed by atoms with Crippen LogP contribution in [-0.2, 0) is 16.0 Å². The van der Waals surface area contributed by atoms with Crippen LogP contribution in [0.5, 0.6) is 0 Å². The summed E-state index contributed by atoms with van der Waals surface area (Å²) in [6, 6.07) is 26.5. The van der Waals surface area contributed by atoms with Crippen molar-refractivity contribution in [2.24, 2.45) is 0 Å². The van der Waals surface area contributed by atoms with Crippen LogP contribution in [0.4, 0.5) is 10.5 Å². The van der Waals surface area contributed by atoms with Crippen LogP contribution in [0, 0.1) is 0 Å². The van der Waals surface area contributed by atoms with Crippen LogP contribution in [0.3, 0.4) is 0 Å². The molecule has 0 radical (unpaired) electrons. The van der Waals surface area contributed by atoms with Gasteiger partial charge in [-0.15, -0.1) is 0 Å². The number of carbonyl (C=O) groups excluding carboxylic acids is 1. The van der Waals surface area contributed by atoms with Gasteiger partial charge in [-0.25, -0.2) is 4.79 Å². The molecular formula is C27H30NO4P. The molecule has 3 aromatic carbocycles. The number of hydrogen-bond donors (Lipinski definition) is 2. The lowest BCUT2D eigenvalue weighted by Gasteiger charge is -2.24. The Kier molecular flexibility index (Phi) is 8.24. The number of carbonyl (C=O) groups is 2.